The minimum absolute atomic E-state index is 0.152. The summed E-state index contributed by atoms with van der Waals surface area (Å²) in [6, 6.07) is 13.1. The number of benzene rings is 2. The van der Waals surface area contributed by atoms with Gasteiger partial charge >= 0.3 is 0 Å². The molecule has 1 fully saturated rings. The lowest BCUT2D eigenvalue weighted by molar-refractivity contribution is -0.131. The quantitative estimate of drug-likeness (QED) is 0.744. The van der Waals surface area contributed by atoms with E-state index in [0.717, 1.165) is 23.0 Å². The van der Waals surface area contributed by atoms with Crippen LogP contribution in [0.25, 0.3) is 0 Å². The monoisotopic (exact) mass is 421 g/mol. The van der Waals surface area contributed by atoms with Gasteiger partial charge in [-0.15, -0.1) is 0 Å². The molecule has 1 heterocycles. The Hall–Kier alpha value is -2.09. The van der Waals surface area contributed by atoms with Gasteiger partial charge in [0.1, 0.15) is 6.54 Å². The van der Waals surface area contributed by atoms with Crippen LogP contribution >= 0.6 is 11.6 Å². The van der Waals surface area contributed by atoms with Gasteiger partial charge in [-0.25, -0.2) is 8.42 Å². The molecule has 1 amide bonds. The van der Waals surface area contributed by atoms with Gasteiger partial charge in [-0.3, -0.25) is 9.10 Å². The summed E-state index contributed by atoms with van der Waals surface area (Å²) in [5.74, 6) is -0.210. The fourth-order valence-corrected chi connectivity index (χ4v) is 4.58. The van der Waals surface area contributed by atoms with E-state index in [9.17, 15) is 13.2 Å². The zero-order chi connectivity index (χ0) is 20.3. The van der Waals surface area contributed by atoms with Crippen LogP contribution in [-0.4, -0.2) is 63.9 Å². The standard InChI is InChI=1S/C20H24ClN3O3S/c1-16-3-9-19(10-4-16)28(26,27)24(18-7-5-17(21)6-8-18)15-20(25)23-13-11-22(2)12-14-23/h3-10H,11-15H2,1-2H3. The molecule has 3 rings (SSSR count). The second-order valence-electron chi connectivity index (χ2n) is 6.99. The number of aryl methyl sites for hydroxylation is 1. The molecule has 0 bridgehead atoms. The van der Waals surface area contributed by atoms with Gasteiger partial charge < -0.3 is 9.80 Å². The SMILES string of the molecule is Cc1ccc(S(=O)(=O)N(CC(=O)N2CCN(C)CC2)c2ccc(Cl)cc2)cc1. The Morgan fingerprint density at radius 2 is 1.57 bits per heavy atom. The van der Waals surface area contributed by atoms with Crippen molar-refractivity contribution in [2.24, 2.45) is 0 Å². The van der Waals surface area contributed by atoms with Crippen LogP contribution < -0.4 is 4.31 Å². The normalized spacial score (nSPS) is 15.5. The molecule has 1 aliphatic rings. The van der Waals surface area contributed by atoms with Gasteiger partial charge in [-0.2, -0.15) is 0 Å². The average Bonchev–Trinajstić information content (AvgIpc) is 2.67. The van der Waals surface area contributed by atoms with Gasteiger partial charge in [0.2, 0.25) is 5.91 Å². The van der Waals surface area contributed by atoms with E-state index in [1.165, 1.54) is 0 Å². The van der Waals surface area contributed by atoms with Crippen molar-refractivity contribution in [3.63, 3.8) is 0 Å². The van der Waals surface area contributed by atoms with E-state index in [1.54, 1.807) is 53.4 Å². The molecule has 0 atom stereocenters. The molecule has 0 spiro atoms. The van der Waals surface area contributed by atoms with Crippen LogP contribution in [0.1, 0.15) is 5.56 Å². The van der Waals surface area contributed by atoms with Crippen molar-refractivity contribution in [1.29, 1.82) is 0 Å². The fraction of sp³-hybridized carbons (Fsp3) is 0.350. The maximum atomic E-state index is 13.3. The first-order valence-electron chi connectivity index (χ1n) is 9.08. The van der Waals surface area contributed by atoms with E-state index < -0.39 is 10.0 Å². The number of sulfonamides is 1. The molecular formula is C20H24ClN3O3S. The minimum Gasteiger partial charge on any atom is -0.339 e. The molecule has 0 aromatic heterocycles. The number of halogens is 1. The summed E-state index contributed by atoms with van der Waals surface area (Å²) in [7, 11) is -1.89. The average molecular weight is 422 g/mol. The highest BCUT2D eigenvalue weighted by Gasteiger charge is 2.29. The van der Waals surface area contributed by atoms with Crippen LogP contribution in [0.4, 0.5) is 5.69 Å². The molecule has 1 saturated heterocycles. The lowest BCUT2D eigenvalue weighted by Crippen LogP contribution is -2.50. The summed E-state index contributed by atoms with van der Waals surface area (Å²) >= 11 is 5.96. The Balaban J connectivity index is 1.92. The molecule has 0 unspecified atom stereocenters. The third-order valence-electron chi connectivity index (χ3n) is 4.86. The van der Waals surface area contributed by atoms with Crippen molar-refractivity contribution >= 4 is 33.2 Å². The first kappa shape index (κ1) is 20.6. The lowest BCUT2D eigenvalue weighted by atomic mass is 10.2. The van der Waals surface area contributed by atoms with Gasteiger partial charge in [-0.05, 0) is 50.4 Å². The third kappa shape index (κ3) is 4.66. The minimum atomic E-state index is -3.90. The molecule has 6 nitrogen and oxygen atoms in total. The maximum absolute atomic E-state index is 13.3. The van der Waals surface area contributed by atoms with Crippen molar-refractivity contribution in [3.05, 3.63) is 59.1 Å². The maximum Gasteiger partial charge on any atom is 0.264 e. The van der Waals surface area contributed by atoms with E-state index in [2.05, 4.69) is 4.90 Å². The van der Waals surface area contributed by atoms with Crippen molar-refractivity contribution in [3.8, 4) is 0 Å². The van der Waals surface area contributed by atoms with Gasteiger partial charge in [0.15, 0.2) is 0 Å². The molecule has 2 aromatic carbocycles. The lowest BCUT2D eigenvalue weighted by Gasteiger charge is -2.34. The molecule has 150 valence electrons. The number of likely N-dealkylation sites (N-methyl/N-ethyl adjacent to an activating group) is 1. The van der Waals surface area contributed by atoms with Crippen LogP contribution in [0.2, 0.25) is 5.02 Å². The Labute approximate surface area is 171 Å². The molecule has 8 heteroatoms. The number of hydrogen-bond donors (Lipinski definition) is 0. The first-order chi connectivity index (χ1) is 13.3. The van der Waals surface area contributed by atoms with Gasteiger partial charge in [0, 0.05) is 31.2 Å². The second-order valence-corrected chi connectivity index (χ2v) is 9.28. The van der Waals surface area contributed by atoms with Gasteiger partial charge in [0.25, 0.3) is 10.0 Å². The van der Waals surface area contributed by atoms with Crippen LogP contribution in [0.15, 0.2) is 53.4 Å². The Bertz CT molecular complexity index is 922. The predicted molar refractivity (Wildman–Crippen MR) is 111 cm³/mol. The van der Waals surface area contributed by atoms with E-state index in [0.29, 0.717) is 23.8 Å². The molecule has 0 N–H and O–H groups in total. The first-order valence-corrected chi connectivity index (χ1v) is 10.9. The van der Waals surface area contributed by atoms with E-state index in [4.69, 9.17) is 11.6 Å². The smallest absolute Gasteiger partial charge is 0.264 e. The van der Waals surface area contributed by atoms with E-state index in [1.807, 2.05) is 14.0 Å². The summed E-state index contributed by atoms with van der Waals surface area (Å²) < 4.78 is 27.8. The topological polar surface area (TPSA) is 60.9 Å². The highest BCUT2D eigenvalue weighted by atomic mass is 35.5. The molecule has 28 heavy (non-hydrogen) atoms. The number of carbonyl (C=O) groups is 1. The number of piperazine rings is 1. The molecule has 1 aliphatic heterocycles. The van der Waals surface area contributed by atoms with Crippen molar-refractivity contribution in [1.82, 2.24) is 9.80 Å². The van der Waals surface area contributed by atoms with Gasteiger partial charge in [0.05, 0.1) is 10.6 Å². The summed E-state index contributed by atoms with van der Waals surface area (Å²) in [6.45, 7) is 4.38. The molecule has 0 saturated carbocycles. The fourth-order valence-electron chi connectivity index (χ4n) is 3.04. The van der Waals surface area contributed by atoms with E-state index in [-0.39, 0.29) is 17.3 Å². The van der Waals surface area contributed by atoms with Crippen LogP contribution in [-0.2, 0) is 14.8 Å². The Morgan fingerprint density at radius 3 is 2.14 bits per heavy atom. The van der Waals surface area contributed by atoms with Crippen molar-refractivity contribution < 1.29 is 13.2 Å². The number of hydrogen-bond acceptors (Lipinski definition) is 4. The number of amides is 1. The van der Waals surface area contributed by atoms with Gasteiger partial charge in [-0.1, -0.05) is 29.3 Å². The largest absolute Gasteiger partial charge is 0.339 e. The van der Waals surface area contributed by atoms with Crippen LogP contribution in [0, 0.1) is 6.92 Å². The number of nitrogens with zero attached hydrogens (tertiary/aromatic N) is 3. The number of rotatable bonds is 5. The Kier molecular flexibility index (Phi) is 6.27. The summed E-state index contributed by atoms with van der Waals surface area (Å²) in [5, 5.41) is 0.502. The molecule has 0 aliphatic carbocycles. The zero-order valence-electron chi connectivity index (χ0n) is 16.0. The predicted octanol–water partition coefficient (Wildman–Crippen LogP) is 2.62. The van der Waals surface area contributed by atoms with Crippen molar-refractivity contribution in [2.75, 3.05) is 44.1 Å². The molecule has 0 radical (unpaired) electrons. The van der Waals surface area contributed by atoms with E-state index >= 15 is 0 Å². The molecular weight excluding hydrogens is 398 g/mol. The van der Waals surface area contributed by atoms with Crippen molar-refractivity contribution in [2.45, 2.75) is 11.8 Å². The van der Waals surface area contributed by atoms with Crippen LogP contribution in [0.3, 0.4) is 0 Å². The molecule has 2 aromatic rings. The highest BCUT2D eigenvalue weighted by molar-refractivity contribution is 7.92. The Morgan fingerprint density at radius 1 is 1.00 bits per heavy atom. The summed E-state index contributed by atoms with van der Waals surface area (Å²) in [6.07, 6.45) is 0. The third-order valence-corrected chi connectivity index (χ3v) is 6.90. The number of anilines is 1. The summed E-state index contributed by atoms with van der Waals surface area (Å²) in [5.41, 5.74) is 1.37. The number of carbonyl (C=O) groups excluding carboxylic acids is 1. The van der Waals surface area contributed by atoms with Crippen LogP contribution in [0.5, 0.6) is 0 Å². The summed E-state index contributed by atoms with van der Waals surface area (Å²) in [4.78, 5) is 16.9. The highest BCUT2D eigenvalue weighted by Crippen LogP contribution is 2.25. The second kappa shape index (κ2) is 8.51. The zero-order valence-corrected chi connectivity index (χ0v) is 17.6.